The fraction of sp³-hybridized carbons (Fsp3) is 0.360. The molecule has 3 aromatic rings. The molecule has 0 aliphatic rings. The summed E-state index contributed by atoms with van der Waals surface area (Å²) in [6.07, 6.45) is 6.23. The molecule has 2 aromatic carbocycles. The lowest BCUT2D eigenvalue weighted by Crippen LogP contribution is -2.21. The average Bonchev–Trinajstić information content (AvgIpc) is 3.12. The van der Waals surface area contributed by atoms with Gasteiger partial charge in [0.15, 0.2) is 0 Å². The molecule has 158 valence electrons. The van der Waals surface area contributed by atoms with Gasteiger partial charge in [-0.3, -0.25) is 4.79 Å². The van der Waals surface area contributed by atoms with Crippen molar-refractivity contribution in [1.29, 1.82) is 0 Å². The molecule has 0 aliphatic heterocycles. The normalized spacial score (nSPS) is 10.8. The fourth-order valence-corrected chi connectivity index (χ4v) is 3.56. The maximum Gasteiger partial charge on any atom is 0.243 e. The number of carbonyl (C=O) groups excluding carboxylic acids is 1. The van der Waals surface area contributed by atoms with Crippen molar-refractivity contribution >= 4 is 16.9 Å². The van der Waals surface area contributed by atoms with E-state index in [1.54, 1.807) is 0 Å². The number of fused-ring (bicyclic) bond motifs is 1. The highest BCUT2D eigenvalue weighted by atomic mass is 16.5. The van der Waals surface area contributed by atoms with Crippen molar-refractivity contribution in [3.8, 4) is 5.75 Å². The van der Waals surface area contributed by atoms with Crippen molar-refractivity contribution in [3.63, 3.8) is 0 Å². The monoisotopic (exact) mass is 405 g/mol. The Morgan fingerprint density at radius 2 is 1.90 bits per heavy atom. The third kappa shape index (κ3) is 5.96. The minimum absolute atomic E-state index is 0.107. The summed E-state index contributed by atoms with van der Waals surface area (Å²) in [5.74, 6) is 1.98. The Morgan fingerprint density at radius 3 is 2.73 bits per heavy atom. The van der Waals surface area contributed by atoms with E-state index in [9.17, 15) is 4.79 Å². The van der Waals surface area contributed by atoms with E-state index < -0.39 is 0 Å². The van der Waals surface area contributed by atoms with Crippen LogP contribution in [0.15, 0.2) is 61.2 Å². The summed E-state index contributed by atoms with van der Waals surface area (Å²) >= 11 is 0. The minimum Gasteiger partial charge on any atom is -0.493 e. The Balaban J connectivity index is 1.53. The summed E-state index contributed by atoms with van der Waals surface area (Å²) in [4.78, 5) is 16.1. The van der Waals surface area contributed by atoms with Crippen LogP contribution < -0.4 is 10.1 Å². The van der Waals surface area contributed by atoms with E-state index in [0.717, 1.165) is 61.3 Å². The van der Waals surface area contributed by atoms with Crippen molar-refractivity contribution < 1.29 is 9.53 Å². The zero-order chi connectivity index (χ0) is 21.2. The first-order valence-electron chi connectivity index (χ1n) is 10.7. The zero-order valence-corrected chi connectivity index (χ0v) is 17.8. The number of amides is 1. The summed E-state index contributed by atoms with van der Waals surface area (Å²) in [5, 5.41) is 2.82. The number of aromatic nitrogens is 2. The number of carbonyl (C=O) groups is 1. The van der Waals surface area contributed by atoms with Gasteiger partial charge >= 0.3 is 0 Å². The Labute approximate surface area is 178 Å². The number of unbranched alkanes of at least 4 members (excludes halogenated alkanes) is 2. The third-order valence-electron chi connectivity index (χ3n) is 5.17. The minimum atomic E-state index is -0.107. The molecule has 1 N–H and O–H groups in total. The molecule has 5 heteroatoms. The molecule has 0 radical (unpaired) electrons. The second-order valence-corrected chi connectivity index (χ2v) is 7.44. The first-order chi connectivity index (χ1) is 14.7. The number of nitrogens with one attached hydrogen (secondary N) is 1. The number of aryl methyl sites for hydroxylation is 3. The highest BCUT2D eigenvalue weighted by Crippen LogP contribution is 2.19. The molecule has 30 heavy (non-hydrogen) atoms. The van der Waals surface area contributed by atoms with Crippen LogP contribution in [0.4, 0.5) is 0 Å². The molecule has 1 amide bonds. The van der Waals surface area contributed by atoms with Crippen LogP contribution >= 0.6 is 0 Å². The highest BCUT2D eigenvalue weighted by molar-refractivity contribution is 5.86. The number of rotatable bonds is 12. The van der Waals surface area contributed by atoms with Crippen molar-refractivity contribution in [3.05, 3.63) is 72.6 Å². The van der Waals surface area contributed by atoms with Crippen LogP contribution in [-0.4, -0.2) is 28.6 Å². The number of hydrogen-bond acceptors (Lipinski definition) is 3. The molecule has 3 rings (SSSR count). The number of ether oxygens (including phenoxy) is 1. The van der Waals surface area contributed by atoms with Crippen LogP contribution in [0, 0.1) is 6.92 Å². The molecule has 0 atom stereocenters. The summed E-state index contributed by atoms with van der Waals surface area (Å²) in [6, 6.07) is 16.4. The molecule has 0 aliphatic carbocycles. The maximum atomic E-state index is 11.2. The van der Waals surface area contributed by atoms with Gasteiger partial charge in [0, 0.05) is 19.5 Å². The number of benzene rings is 2. The average molecular weight is 406 g/mol. The Bertz CT molecular complexity index is 977. The van der Waals surface area contributed by atoms with Crippen LogP contribution in [0.3, 0.4) is 0 Å². The largest absolute Gasteiger partial charge is 0.493 e. The molecule has 0 bridgehead atoms. The maximum absolute atomic E-state index is 11.2. The first-order valence-corrected chi connectivity index (χ1v) is 10.7. The fourth-order valence-electron chi connectivity index (χ4n) is 3.56. The van der Waals surface area contributed by atoms with E-state index in [-0.39, 0.29) is 5.91 Å². The van der Waals surface area contributed by atoms with E-state index in [2.05, 4.69) is 47.7 Å². The van der Waals surface area contributed by atoms with Crippen LogP contribution in [0.25, 0.3) is 11.0 Å². The van der Waals surface area contributed by atoms with Crippen molar-refractivity contribution in [2.75, 3.05) is 13.2 Å². The van der Waals surface area contributed by atoms with Gasteiger partial charge in [0.25, 0.3) is 0 Å². The zero-order valence-electron chi connectivity index (χ0n) is 17.8. The van der Waals surface area contributed by atoms with Crippen molar-refractivity contribution in [2.24, 2.45) is 0 Å². The molecular formula is C25H31N3O2. The Morgan fingerprint density at radius 1 is 1.10 bits per heavy atom. The lowest BCUT2D eigenvalue weighted by Gasteiger charge is -2.11. The van der Waals surface area contributed by atoms with Crippen LogP contribution in [0.1, 0.15) is 37.1 Å². The molecule has 5 nitrogen and oxygen atoms in total. The lowest BCUT2D eigenvalue weighted by molar-refractivity contribution is -0.116. The third-order valence-corrected chi connectivity index (χ3v) is 5.17. The van der Waals surface area contributed by atoms with Crippen molar-refractivity contribution in [1.82, 2.24) is 14.9 Å². The van der Waals surface area contributed by atoms with Gasteiger partial charge in [-0.05, 0) is 56.0 Å². The van der Waals surface area contributed by atoms with Crippen LogP contribution in [0.2, 0.25) is 0 Å². The number of hydrogen-bond donors (Lipinski definition) is 1. The predicted octanol–water partition coefficient (Wildman–Crippen LogP) is 4.83. The quantitative estimate of drug-likeness (QED) is 0.347. The summed E-state index contributed by atoms with van der Waals surface area (Å²) < 4.78 is 8.30. The lowest BCUT2D eigenvalue weighted by atomic mass is 10.2. The van der Waals surface area contributed by atoms with Gasteiger partial charge in [0.2, 0.25) is 5.91 Å². The van der Waals surface area contributed by atoms with E-state index in [1.165, 1.54) is 11.6 Å². The summed E-state index contributed by atoms with van der Waals surface area (Å²) in [7, 11) is 0. The molecule has 1 heterocycles. The number of nitrogens with zero attached hydrogens (tertiary/aromatic N) is 2. The van der Waals surface area contributed by atoms with Crippen LogP contribution in [0.5, 0.6) is 5.75 Å². The molecule has 0 fully saturated rings. The molecular weight excluding hydrogens is 374 g/mol. The Kier molecular flexibility index (Phi) is 8.07. The predicted molar refractivity (Wildman–Crippen MR) is 122 cm³/mol. The van der Waals surface area contributed by atoms with Gasteiger partial charge in [-0.15, -0.1) is 0 Å². The molecule has 1 aromatic heterocycles. The van der Waals surface area contributed by atoms with Gasteiger partial charge in [-0.25, -0.2) is 4.98 Å². The second kappa shape index (κ2) is 11.2. The standard InChI is InChI=1S/C25H31N3O2/c1-3-25(29)26-17-10-4-5-16-24-27-21-13-7-8-14-22(21)28(24)18-11-19-30-23-15-9-6-12-20(23)2/h3,6-9,12-15H,1,4-5,10-11,16-19H2,2H3,(H,26,29). The molecule has 0 spiro atoms. The molecule has 0 unspecified atom stereocenters. The van der Waals surface area contributed by atoms with Gasteiger partial charge in [-0.2, -0.15) is 0 Å². The molecule has 0 saturated carbocycles. The van der Waals surface area contributed by atoms with Gasteiger partial charge in [0.05, 0.1) is 17.6 Å². The number of para-hydroxylation sites is 3. The van der Waals surface area contributed by atoms with E-state index >= 15 is 0 Å². The van der Waals surface area contributed by atoms with E-state index in [4.69, 9.17) is 9.72 Å². The van der Waals surface area contributed by atoms with Gasteiger partial charge in [-0.1, -0.05) is 43.3 Å². The Hall–Kier alpha value is -3.08. The van der Waals surface area contributed by atoms with Crippen molar-refractivity contribution in [2.45, 2.75) is 45.6 Å². The second-order valence-electron chi connectivity index (χ2n) is 7.44. The summed E-state index contributed by atoms with van der Waals surface area (Å²) in [6.45, 7) is 7.79. The van der Waals surface area contributed by atoms with E-state index in [0.29, 0.717) is 13.2 Å². The SMILES string of the molecule is C=CC(=O)NCCCCCc1nc2ccccc2n1CCCOc1ccccc1C. The highest BCUT2D eigenvalue weighted by Gasteiger charge is 2.10. The van der Waals surface area contributed by atoms with E-state index in [1.807, 2.05) is 24.3 Å². The topological polar surface area (TPSA) is 56.2 Å². The van der Waals surface area contributed by atoms with Gasteiger partial charge in [0.1, 0.15) is 11.6 Å². The van der Waals surface area contributed by atoms with Crippen LogP contribution in [-0.2, 0) is 17.8 Å². The number of imidazole rings is 1. The molecule has 0 saturated heterocycles. The first kappa shape index (κ1) is 21.6. The summed E-state index contributed by atoms with van der Waals surface area (Å²) in [5.41, 5.74) is 3.39. The van der Waals surface area contributed by atoms with Gasteiger partial charge < -0.3 is 14.6 Å². The smallest absolute Gasteiger partial charge is 0.243 e.